The summed E-state index contributed by atoms with van der Waals surface area (Å²) in [4.78, 5) is 5.07. The maximum absolute atomic E-state index is 2.54. The molecule has 0 N–H and O–H groups in total. The number of aryl methyl sites for hydroxylation is 2. The van der Waals surface area contributed by atoms with E-state index in [1.807, 2.05) is 0 Å². The fourth-order valence-corrected chi connectivity index (χ4v) is 15.4. The average Bonchev–Trinajstić information content (AvgIpc) is 4.24. The van der Waals surface area contributed by atoms with Crippen molar-refractivity contribution < 1.29 is 0 Å². The van der Waals surface area contributed by atoms with Gasteiger partial charge in [-0.15, -0.1) is 0 Å². The summed E-state index contributed by atoms with van der Waals surface area (Å²) in [5.41, 5.74) is 31.2. The summed E-state index contributed by atoms with van der Waals surface area (Å²) in [6.07, 6.45) is 6.96. The highest BCUT2D eigenvalue weighted by Gasteiger charge is 2.41. The summed E-state index contributed by atoms with van der Waals surface area (Å²) in [5, 5.41) is 5.13. The lowest BCUT2D eigenvalue weighted by molar-refractivity contribution is 0.607. The van der Waals surface area contributed by atoms with Crippen molar-refractivity contribution in [3.63, 3.8) is 0 Å². The third-order valence-corrected chi connectivity index (χ3v) is 19.8. The molecule has 0 saturated carbocycles. The molecule has 2 heteroatoms. The molecule has 0 atom stereocenters. The normalized spacial score (nSPS) is 16.8. The number of nitrogens with zero attached hydrogens (tertiary/aromatic N) is 2. The first kappa shape index (κ1) is 47.0. The maximum atomic E-state index is 2.54. The Labute approximate surface area is 461 Å². The van der Waals surface area contributed by atoms with Crippen LogP contribution in [-0.2, 0) is 21.7 Å². The van der Waals surface area contributed by atoms with Gasteiger partial charge in [-0.25, -0.2) is 0 Å². The molecule has 0 bridgehead atoms. The summed E-state index contributed by atoms with van der Waals surface area (Å²) >= 11 is 0. The van der Waals surface area contributed by atoms with Crippen LogP contribution in [0, 0.1) is 13.8 Å². The fraction of sp³-hybridized carbons (Fsp3) is 0.211. The van der Waals surface area contributed by atoms with E-state index in [1.165, 1.54) is 139 Å². The molecule has 380 valence electrons. The highest BCUT2D eigenvalue weighted by molar-refractivity contribution is 6.08. The third kappa shape index (κ3) is 6.38. The summed E-state index contributed by atoms with van der Waals surface area (Å²) in [5.74, 6) is 0. The molecule has 5 aliphatic rings. The lowest BCUT2D eigenvalue weighted by atomic mass is 9.78. The van der Waals surface area contributed by atoms with Gasteiger partial charge in [0.2, 0.25) is 0 Å². The largest absolute Gasteiger partial charge is 0.310 e. The molecule has 10 aromatic carbocycles. The number of hydrogen-bond acceptors (Lipinski definition) is 2. The molecule has 0 fully saturated rings. The zero-order valence-electron chi connectivity index (χ0n) is 46.8. The second-order valence-corrected chi connectivity index (χ2v) is 25.3. The molecule has 78 heavy (non-hydrogen) atoms. The molecule has 0 spiro atoms. The second kappa shape index (κ2) is 16.2. The number of rotatable bonds is 6. The Bertz CT molecular complexity index is 4250. The first-order valence-electron chi connectivity index (χ1n) is 28.4. The van der Waals surface area contributed by atoms with E-state index in [9.17, 15) is 0 Å². The van der Waals surface area contributed by atoms with Crippen LogP contribution in [-0.4, -0.2) is 0 Å². The van der Waals surface area contributed by atoms with Gasteiger partial charge in [0.05, 0.1) is 0 Å². The van der Waals surface area contributed by atoms with Crippen LogP contribution in [0.15, 0.2) is 200 Å². The van der Waals surface area contributed by atoms with Crippen LogP contribution in [0.3, 0.4) is 0 Å². The van der Waals surface area contributed by atoms with Gasteiger partial charge in [-0.05, 0) is 216 Å². The third-order valence-electron chi connectivity index (χ3n) is 19.8. The quantitative estimate of drug-likeness (QED) is 0.153. The predicted molar refractivity (Wildman–Crippen MR) is 331 cm³/mol. The fourth-order valence-electron chi connectivity index (χ4n) is 15.4. The van der Waals surface area contributed by atoms with E-state index in [4.69, 9.17) is 0 Å². The molecular weight excluding hydrogens is 941 g/mol. The van der Waals surface area contributed by atoms with Crippen LogP contribution in [0.25, 0.3) is 60.5 Å². The van der Waals surface area contributed by atoms with Crippen molar-refractivity contribution in [3.05, 3.63) is 255 Å². The Kier molecular flexibility index (Phi) is 9.76. The van der Waals surface area contributed by atoms with E-state index in [2.05, 4.69) is 273 Å². The molecule has 0 aliphatic heterocycles. The molecule has 0 unspecified atom stereocenters. The Morgan fingerprint density at radius 3 is 1.04 bits per heavy atom. The van der Waals surface area contributed by atoms with Crippen LogP contribution in [0.4, 0.5) is 34.1 Å². The summed E-state index contributed by atoms with van der Waals surface area (Å²) in [6, 6.07) is 70.4. The molecule has 0 heterocycles. The van der Waals surface area contributed by atoms with Crippen LogP contribution in [0.2, 0.25) is 0 Å². The van der Waals surface area contributed by atoms with Crippen LogP contribution in [0.5, 0.6) is 0 Å². The Morgan fingerprint density at radius 2 is 0.628 bits per heavy atom. The second-order valence-electron chi connectivity index (χ2n) is 25.3. The van der Waals surface area contributed by atoms with Gasteiger partial charge in [0, 0.05) is 55.8 Å². The zero-order valence-corrected chi connectivity index (χ0v) is 46.8. The van der Waals surface area contributed by atoms with E-state index in [0.29, 0.717) is 0 Å². The standard InChI is InChI=1S/C76H66N2/c1-45-53-33-27-47(77(49-29-35-59-55-19-11-15-23-65(55)73(3,4)69(59)41-49)50-30-36-60-56-20-12-16-24-66(56)74(5,6)70(60)42-50)39-63(53)46(2)64-40-48(28-34-54(45)64)78(51-31-37-61-57-21-13-17-25-67(57)75(7,8)71(61)43-51)52-32-38-62-58-22-14-18-26-68(58)76(9,10)72(62)44-52/h11-17,19-25,27-44H,18,26H2,1-10H3. The number of benzene rings is 10. The topological polar surface area (TPSA) is 6.48 Å². The van der Waals surface area contributed by atoms with Gasteiger partial charge in [0.25, 0.3) is 0 Å². The van der Waals surface area contributed by atoms with Gasteiger partial charge in [-0.2, -0.15) is 0 Å². The minimum Gasteiger partial charge on any atom is -0.310 e. The Morgan fingerprint density at radius 1 is 0.308 bits per heavy atom. The first-order valence-corrected chi connectivity index (χ1v) is 28.4. The van der Waals surface area contributed by atoms with Crippen molar-refractivity contribution >= 4 is 61.2 Å². The monoisotopic (exact) mass is 1010 g/mol. The SMILES string of the molecule is Cc1c2ccc(N(c3ccc4c(c3)C(C)(C)C3=C4C=CCC3)c3ccc4c(c3)C(C)(C)c3ccccc3-4)cc2c(C)c2cc(N(c3ccc4c(c3)C(C)(C)c3ccccc3-4)c3ccc4c(c3)C(C)(C)c3ccccc3-4)ccc12. The lowest BCUT2D eigenvalue weighted by Gasteiger charge is -2.31. The summed E-state index contributed by atoms with van der Waals surface area (Å²) in [6.45, 7) is 23.9. The molecule has 0 radical (unpaired) electrons. The molecule has 0 saturated heterocycles. The van der Waals surface area contributed by atoms with E-state index in [-0.39, 0.29) is 21.7 Å². The van der Waals surface area contributed by atoms with Gasteiger partial charge in [-0.1, -0.05) is 182 Å². The molecule has 5 aliphatic carbocycles. The van der Waals surface area contributed by atoms with Gasteiger partial charge in [0.1, 0.15) is 0 Å². The smallest absolute Gasteiger partial charge is 0.0468 e. The minimum atomic E-state index is -0.137. The van der Waals surface area contributed by atoms with E-state index in [1.54, 1.807) is 5.57 Å². The summed E-state index contributed by atoms with van der Waals surface area (Å²) in [7, 11) is 0. The van der Waals surface area contributed by atoms with E-state index in [0.717, 1.165) is 24.2 Å². The number of fused-ring (bicyclic) bond motifs is 13. The predicted octanol–water partition coefficient (Wildman–Crippen LogP) is 20.9. The minimum absolute atomic E-state index is 0.0533. The van der Waals surface area contributed by atoms with Crippen molar-refractivity contribution in [1.29, 1.82) is 0 Å². The molecular formula is C76H66N2. The van der Waals surface area contributed by atoms with Crippen molar-refractivity contribution in [2.24, 2.45) is 0 Å². The average molecular weight is 1010 g/mol. The van der Waals surface area contributed by atoms with Crippen molar-refractivity contribution in [2.45, 2.75) is 104 Å². The molecule has 0 aromatic heterocycles. The van der Waals surface area contributed by atoms with Crippen molar-refractivity contribution in [2.75, 3.05) is 9.80 Å². The maximum Gasteiger partial charge on any atom is 0.0468 e. The van der Waals surface area contributed by atoms with Gasteiger partial charge in [0.15, 0.2) is 0 Å². The first-order chi connectivity index (χ1) is 37.5. The van der Waals surface area contributed by atoms with E-state index >= 15 is 0 Å². The molecule has 2 nitrogen and oxygen atoms in total. The highest BCUT2D eigenvalue weighted by atomic mass is 15.1. The van der Waals surface area contributed by atoms with Gasteiger partial charge < -0.3 is 9.80 Å². The number of allylic oxidation sites excluding steroid dienone is 4. The highest BCUT2D eigenvalue weighted by Crippen LogP contribution is 2.56. The zero-order chi connectivity index (χ0) is 53.4. The van der Waals surface area contributed by atoms with Crippen molar-refractivity contribution in [1.82, 2.24) is 0 Å². The van der Waals surface area contributed by atoms with Crippen LogP contribution in [0.1, 0.15) is 124 Å². The van der Waals surface area contributed by atoms with Crippen molar-refractivity contribution in [3.8, 4) is 33.4 Å². The van der Waals surface area contributed by atoms with Gasteiger partial charge in [-0.3, -0.25) is 0 Å². The van der Waals surface area contributed by atoms with E-state index < -0.39 is 0 Å². The Hall–Kier alpha value is -8.20. The van der Waals surface area contributed by atoms with Crippen LogP contribution >= 0.6 is 0 Å². The lowest BCUT2D eigenvalue weighted by Crippen LogP contribution is -2.19. The number of anilines is 6. The Balaban J connectivity index is 0.912. The number of hydrogen-bond donors (Lipinski definition) is 0. The molecule has 0 amide bonds. The molecule has 15 rings (SSSR count). The molecule has 10 aromatic rings. The van der Waals surface area contributed by atoms with Gasteiger partial charge >= 0.3 is 0 Å². The summed E-state index contributed by atoms with van der Waals surface area (Å²) < 4.78 is 0. The van der Waals surface area contributed by atoms with Crippen LogP contribution < -0.4 is 9.80 Å².